The molecule has 0 radical (unpaired) electrons. The molecule has 120 valence electrons. The maximum atomic E-state index is 11.2. The molecule has 1 saturated heterocycles. The first-order valence-corrected chi connectivity index (χ1v) is 7.79. The van der Waals surface area contributed by atoms with Crippen LogP contribution in [0.2, 0.25) is 0 Å². The third-order valence-electron chi connectivity index (χ3n) is 3.88. The zero-order valence-corrected chi connectivity index (χ0v) is 13.1. The van der Waals surface area contributed by atoms with Gasteiger partial charge in [0, 0.05) is 11.5 Å². The second-order valence-corrected chi connectivity index (χ2v) is 5.49. The molecule has 0 amide bonds. The van der Waals surface area contributed by atoms with Crippen molar-refractivity contribution in [1.29, 1.82) is 0 Å². The number of hydrogen-bond acceptors (Lipinski definition) is 5. The van der Waals surface area contributed by atoms with Gasteiger partial charge in [0.15, 0.2) is 0 Å². The summed E-state index contributed by atoms with van der Waals surface area (Å²) in [5, 5.41) is 4.35. The summed E-state index contributed by atoms with van der Waals surface area (Å²) in [4.78, 5) is 15.8. The van der Waals surface area contributed by atoms with Gasteiger partial charge in [0.25, 0.3) is 0 Å². The van der Waals surface area contributed by atoms with Crippen molar-refractivity contribution in [3.63, 3.8) is 0 Å². The fourth-order valence-corrected chi connectivity index (χ4v) is 2.64. The highest BCUT2D eigenvalue weighted by atomic mass is 16.5. The second kappa shape index (κ2) is 7.24. The molecule has 23 heavy (non-hydrogen) atoms. The number of pyridine rings is 1. The van der Waals surface area contributed by atoms with Crippen LogP contribution >= 0.6 is 0 Å². The highest BCUT2D eigenvalue weighted by Crippen LogP contribution is 2.26. The minimum atomic E-state index is -0.397. The largest absolute Gasteiger partial charge is 0.488 e. The maximum absolute atomic E-state index is 11.2. The van der Waals surface area contributed by atoms with Crippen molar-refractivity contribution >= 4 is 22.9 Å². The molecule has 1 aromatic carbocycles. The number of nitrogens with one attached hydrogen (secondary N) is 1. The molecule has 0 saturated carbocycles. The van der Waals surface area contributed by atoms with Gasteiger partial charge >= 0.3 is 5.97 Å². The number of rotatable bonds is 4. The van der Waals surface area contributed by atoms with Crippen LogP contribution in [-0.4, -0.2) is 37.3 Å². The number of esters is 1. The molecule has 2 aromatic rings. The molecule has 0 bridgehead atoms. The Labute approximate surface area is 135 Å². The van der Waals surface area contributed by atoms with Crippen molar-refractivity contribution in [1.82, 2.24) is 10.3 Å². The van der Waals surface area contributed by atoms with E-state index < -0.39 is 5.97 Å². The number of benzene rings is 1. The monoisotopic (exact) mass is 312 g/mol. The molecule has 5 heteroatoms. The molecule has 0 spiro atoms. The highest BCUT2D eigenvalue weighted by molar-refractivity contribution is 5.88. The molecular formula is C18H20N2O3. The zero-order chi connectivity index (χ0) is 16.1. The quantitative estimate of drug-likeness (QED) is 0.694. The van der Waals surface area contributed by atoms with Crippen LogP contribution in [0.3, 0.4) is 0 Å². The van der Waals surface area contributed by atoms with Crippen LogP contribution in [0.25, 0.3) is 17.0 Å². The average Bonchev–Trinajstić information content (AvgIpc) is 2.61. The number of nitrogens with zero attached hydrogens (tertiary/aromatic N) is 1. The van der Waals surface area contributed by atoms with Crippen LogP contribution in [0.15, 0.2) is 36.4 Å². The van der Waals surface area contributed by atoms with E-state index in [2.05, 4.69) is 15.0 Å². The van der Waals surface area contributed by atoms with Crippen molar-refractivity contribution in [2.75, 3.05) is 20.2 Å². The third-order valence-corrected chi connectivity index (χ3v) is 3.88. The average molecular weight is 312 g/mol. The summed E-state index contributed by atoms with van der Waals surface area (Å²) < 4.78 is 10.8. The van der Waals surface area contributed by atoms with Crippen LogP contribution in [-0.2, 0) is 9.53 Å². The van der Waals surface area contributed by atoms with Gasteiger partial charge in [-0.05, 0) is 44.1 Å². The Hall–Kier alpha value is -2.40. The fraction of sp³-hybridized carbons (Fsp3) is 0.333. The van der Waals surface area contributed by atoms with Crippen LogP contribution in [0.5, 0.6) is 5.75 Å². The summed E-state index contributed by atoms with van der Waals surface area (Å²) in [5.74, 6) is 0.397. The minimum absolute atomic E-state index is 0.220. The number of fused-ring (bicyclic) bond motifs is 1. The van der Waals surface area contributed by atoms with Crippen molar-refractivity contribution in [3.8, 4) is 5.75 Å². The number of ether oxygens (including phenoxy) is 2. The predicted molar refractivity (Wildman–Crippen MR) is 89.3 cm³/mol. The summed E-state index contributed by atoms with van der Waals surface area (Å²) in [5.41, 5.74) is 1.52. The molecule has 1 fully saturated rings. The van der Waals surface area contributed by atoms with E-state index in [1.54, 1.807) is 6.08 Å². The molecule has 0 unspecified atom stereocenters. The number of carbonyl (C=O) groups is 1. The van der Waals surface area contributed by atoms with Crippen molar-refractivity contribution in [2.24, 2.45) is 0 Å². The molecule has 3 rings (SSSR count). The number of aromatic nitrogens is 1. The lowest BCUT2D eigenvalue weighted by Gasteiger charge is -2.24. The lowest BCUT2D eigenvalue weighted by molar-refractivity contribution is -0.134. The Bertz CT molecular complexity index is 721. The Morgan fingerprint density at radius 2 is 2.09 bits per heavy atom. The van der Waals surface area contributed by atoms with E-state index in [0.717, 1.165) is 42.6 Å². The summed E-state index contributed by atoms with van der Waals surface area (Å²) in [7, 11) is 1.35. The van der Waals surface area contributed by atoms with Gasteiger partial charge in [-0.15, -0.1) is 0 Å². The number of hydrogen-bond donors (Lipinski definition) is 1. The van der Waals surface area contributed by atoms with Gasteiger partial charge < -0.3 is 14.8 Å². The van der Waals surface area contributed by atoms with Gasteiger partial charge in [0.05, 0.1) is 12.8 Å². The molecule has 2 heterocycles. The van der Waals surface area contributed by atoms with E-state index in [1.165, 1.54) is 13.2 Å². The first kappa shape index (κ1) is 15.5. The summed E-state index contributed by atoms with van der Waals surface area (Å²) >= 11 is 0. The lowest BCUT2D eigenvalue weighted by atomic mass is 10.1. The summed E-state index contributed by atoms with van der Waals surface area (Å²) in [6, 6.07) is 9.78. The van der Waals surface area contributed by atoms with Gasteiger partial charge in [0.2, 0.25) is 0 Å². The molecule has 1 aliphatic rings. The zero-order valence-electron chi connectivity index (χ0n) is 13.1. The van der Waals surface area contributed by atoms with E-state index >= 15 is 0 Å². The van der Waals surface area contributed by atoms with E-state index in [1.807, 2.05) is 30.3 Å². The number of carbonyl (C=O) groups excluding carboxylic acids is 1. The molecule has 1 aliphatic heterocycles. The number of para-hydroxylation sites is 1. The molecule has 5 nitrogen and oxygen atoms in total. The predicted octanol–water partition coefficient (Wildman–Crippen LogP) is 2.55. The summed E-state index contributed by atoms with van der Waals surface area (Å²) in [6.45, 7) is 1.96. The van der Waals surface area contributed by atoms with E-state index in [0.29, 0.717) is 5.69 Å². The van der Waals surface area contributed by atoms with Gasteiger partial charge in [0.1, 0.15) is 17.4 Å². The summed E-state index contributed by atoms with van der Waals surface area (Å²) in [6.07, 6.45) is 5.23. The minimum Gasteiger partial charge on any atom is -0.488 e. The van der Waals surface area contributed by atoms with Crippen LogP contribution < -0.4 is 10.1 Å². The van der Waals surface area contributed by atoms with Gasteiger partial charge in [-0.25, -0.2) is 9.78 Å². The Balaban J connectivity index is 1.88. The lowest BCUT2D eigenvalue weighted by Crippen LogP contribution is -2.34. The molecule has 1 N–H and O–H groups in total. The standard InChI is InChI=1S/C18H20N2O3/c1-22-17(21)8-7-14-6-5-13-3-2-4-16(18(13)20-14)23-15-9-11-19-12-10-15/h2-8,15,19H,9-12H2,1H3. The Morgan fingerprint density at radius 3 is 2.87 bits per heavy atom. The van der Waals surface area contributed by atoms with E-state index in [-0.39, 0.29) is 6.10 Å². The Kier molecular flexibility index (Phi) is 4.88. The molecule has 0 atom stereocenters. The third kappa shape index (κ3) is 3.87. The fourth-order valence-electron chi connectivity index (χ4n) is 2.64. The van der Waals surface area contributed by atoms with Gasteiger partial charge in [-0.3, -0.25) is 0 Å². The molecule has 0 aliphatic carbocycles. The van der Waals surface area contributed by atoms with Crippen molar-refractivity contribution in [3.05, 3.63) is 42.1 Å². The van der Waals surface area contributed by atoms with Gasteiger partial charge in [-0.2, -0.15) is 0 Å². The highest BCUT2D eigenvalue weighted by Gasteiger charge is 2.16. The van der Waals surface area contributed by atoms with Crippen molar-refractivity contribution in [2.45, 2.75) is 18.9 Å². The van der Waals surface area contributed by atoms with E-state index in [9.17, 15) is 4.79 Å². The number of piperidine rings is 1. The second-order valence-electron chi connectivity index (χ2n) is 5.49. The molecule has 1 aromatic heterocycles. The van der Waals surface area contributed by atoms with Crippen LogP contribution in [0.1, 0.15) is 18.5 Å². The maximum Gasteiger partial charge on any atom is 0.330 e. The molecular weight excluding hydrogens is 292 g/mol. The SMILES string of the molecule is COC(=O)C=Cc1ccc2cccc(OC3CCNCC3)c2n1. The Morgan fingerprint density at radius 1 is 1.26 bits per heavy atom. The topological polar surface area (TPSA) is 60.5 Å². The van der Waals surface area contributed by atoms with Gasteiger partial charge in [-0.1, -0.05) is 18.2 Å². The smallest absolute Gasteiger partial charge is 0.330 e. The van der Waals surface area contributed by atoms with Crippen LogP contribution in [0.4, 0.5) is 0 Å². The van der Waals surface area contributed by atoms with E-state index in [4.69, 9.17) is 4.74 Å². The number of methoxy groups -OCH3 is 1. The van der Waals surface area contributed by atoms with Crippen molar-refractivity contribution < 1.29 is 14.3 Å². The normalized spacial score (nSPS) is 15.9. The first-order chi connectivity index (χ1) is 11.3. The van der Waals surface area contributed by atoms with Crippen LogP contribution in [0, 0.1) is 0 Å². The first-order valence-electron chi connectivity index (χ1n) is 7.79.